The molecule has 4 heteroatoms. The highest BCUT2D eigenvalue weighted by Crippen LogP contribution is 2.22. The number of ether oxygens (including phenoxy) is 1. The summed E-state index contributed by atoms with van der Waals surface area (Å²) in [6.07, 6.45) is 0.771. The van der Waals surface area contributed by atoms with Crippen molar-refractivity contribution in [3.8, 4) is 5.75 Å². The molecule has 0 aliphatic carbocycles. The molecule has 96 valence electrons. The van der Waals surface area contributed by atoms with Crippen molar-refractivity contribution in [1.82, 2.24) is 5.32 Å². The molecule has 4 nitrogen and oxygen atoms in total. The average molecular weight is 238 g/mol. The first-order valence-electron chi connectivity index (χ1n) is 5.83. The van der Waals surface area contributed by atoms with Gasteiger partial charge >= 0.3 is 0 Å². The summed E-state index contributed by atoms with van der Waals surface area (Å²) in [6.45, 7) is 3.21. The molecule has 0 bridgehead atoms. The highest BCUT2D eigenvalue weighted by molar-refractivity contribution is 5.34. The van der Waals surface area contributed by atoms with E-state index in [-0.39, 0.29) is 12.1 Å². The van der Waals surface area contributed by atoms with Crippen molar-refractivity contribution < 1.29 is 9.84 Å². The zero-order valence-corrected chi connectivity index (χ0v) is 10.6. The lowest BCUT2D eigenvalue weighted by atomic mass is 9.92. The third kappa shape index (κ3) is 4.00. The van der Waals surface area contributed by atoms with E-state index in [1.807, 2.05) is 24.3 Å². The molecule has 0 radical (unpaired) electrons. The van der Waals surface area contributed by atoms with Gasteiger partial charge in [-0.25, -0.2) is 0 Å². The van der Waals surface area contributed by atoms with Crippen molar-refractivity contribution in [3.63, 3.8) is 0 Å². The van der Waals surface area contributed by atoms with Crippen molar-refractivity contribution in [2.24, 2.45) is 5.73 Å². The van der Waals surface area contributed by atoms with Gasteiger partial charge in [0.1, 0.15) is 5.75 Å². The van der Waals surface area contributed by atoms with Gasteiger partial charge in [-0.1, -0.05) is 18.2 Å². The normalized spacial score (nSPS) is 14.4. The lowest BCUT2D eigenvalue weighted by molar-refractivity contribution is 0.259. The highest BCUT2D eigenvalue weighted by Gasteiger charge is 2.23. The molecule has 1 unspecified atom stereocenters. The summed E-state index contributed by atoms with van der Waals surface area (Å²) >= 11 is 0. The fraction of sp³-hybridized carbons (Fsp3) is 0.538. The number of para-hydroxylation sites is 1. The largest absolute Gasteiger partial charge is 0.496 e. The Hall–Kier alpha value is -1.10. The second kappa shape index (κ2) is 6.59. The van der Waals surface area contributed by atoms with E-state index in [0.29, 0.717) is 13.1 Å². The molecule has 0 fully saturated rings. The molecule has 1 aromatic rings. The number of aliphatic hydroxyl groups is 1. The second-order valence-corrected chi connectivity index (χ2v) is 4.40. The maximum Gasteiger partial charge on any atom is 0.122 e. The molecule has 0 heterocycles. The molecule has 0 aromatic heterocycles. The Labute approximate surface area is 103 Å². The molecule has 0 spiro atoms. The molecule has 1 aromatic carbocycles. The Kier molecular flexibility index (Phi) is 5.41. The molecule has 0 saturated heterocycles. The number of hydrogen-bond donors (Lipinski definition) is 3. The van der Waals surface area contributed by atoms with Gasteiger partial charge in [0, 0.05) is 18.6 Å². The summed E-state index contributed by atoms with van der Waals surface area (Å²) < 4.78 is 5.32. The third-order valence-corrected chi connectivity index (χ3v) is 2.89. The lowest BCUT2D eigenvalue weighted by Gasteiger charge is -2.30. The molecule has 0 saturated carbocycles. The molecule has 1 rings (SSSR count). The van der Waals surface area contributed by atoms with E-state index < -0.39 is 0 Å². The van der Waals surface area contributed by atoms with E-state index in [2.05, 4.69) is 12.2 Å². The van der Waals surface area contributed by atoms with Gasteiger partial charge in [-0.3, -0.25) is 0 Å². The van der Waals surface area contributed by atoms with Crippen LogP contribution >= 0.6 is 0 Å². The van der Waals surface area contributed by atoms with Crippen LogP contribution in [0.3, 0.4) is 0 Å². The standard InChI is InChI=1S/C13H22N2O2/c1-13(10-14,15-7-8-16)9-11-5-3-4-6-12(11)17-2/h3-6,15-16H,7-10,14H2,1-2H3. The van der Waals surface area contributed by atoms with Crippen LogP contribution in [-0.4, -0.2) is 37.5 Å². The van der Waals surface area contributed by atoms with Crippen LogP contribution in [0.25, 0.3) is 0 Å². The average Bonchev–Trinajstić information content (AvgIpc) is 2.37. The van der Waals surface area contributed by atoms with Gasteiger partial charge in [-0.15, -0.1) is 0 Å². The fourth-order valence-electron chi connectivity index (χ4n) is 1.83. The van der Waals surface area contributed by atoms with Crippen molar-refractivity contribution in [3.05, 3.63) is 29.8 Å². The summed E-state index contributed by atoms with van der Waals surface area (Å²) in [5.74, 6) is 0.873. The third-order valence-electron chi connectivity index (χ3n) is 2.89. The second-order valence-electron chi connectivity index (χ2n) is 4.40. The van der Waals surface area contributed by atoms with E-state index >= 15 is 0 Å². The highest BCUT2D eigenvalue weighted by atomic mass is 16.5. The zero-order valence-electron chi connectivity index (χ0n) is 10.6. The van der Waals surface area contributed by atoms with E-state index in [1.54, 1.807) is 7.11 Å². The smallest absolute Gasteiger partial charge is 0.122 e. The number of hydrogen-bond acceptors (Lipinski definition) is 4. The maximum atomic E-state index is 8.86. The molecule has 0 aliphatic rings. The minimum atomic E-state index is -0.225. The van der Waals surface area contributed by atoms with E-state index in [9.17, 15) is 0 Å². The van der Waals surface area contributed by atoms with E-state index in [4.69, 9.17) is 15.6 Å². The molecule has 0 aliphatic heterocycles. The van der Waals surface area contributed by atoms with Gasteiger partial charge in [0.15, 0.2) is 0 Å². The van der Waals surface area contributed by atoms with Crippen LogP contribution in [0, 0.1) is 0 Å². The van der Waals surface area contributed by atoms with E-state index in [1.165, 1.54) is 0 Å². The summed E-state index contributed by atoms with van der Waals surface area (Å²) in [5, 5.41) is 12.1. The first-order valence-corrected chi connectivity index (χ1v) is 5.83. The predicted octanol–water partition coefficient (Wildman–Crippen LogP) is 0.537. The van der Waals surface area contributed by atoms with Crippen molar-refractivity contribution in [1.29, 1.82) is 0 Å². The Morgan fingerprint density at radius 3 is 2.71 bits per heavy atom. The summed E-state index contributed by atoms with van der Waals surface area (Å²) in [7, 11) is 1.67. The predicted molar refractivity (Wildman–Crippen MR) is 69.2 cm³/mol. The number of nitrogens with two attached hydrogens (primary N) is 1. The first kappa shape index (κ1) is 14.0. The van der Waals surface area contributed by atoms with Crippen LogP contribution < -0.4 is 15.8 Å². The topological polar surface area (TPSA) is 67.5 Å². The van der Waals surface area contributed by atoms with Gasteiger partial charge in [-0.2, -0.15) is 0 Å². The molecule has 17 heavy (non-hydrogen) atoms. The van der Waals surface area contributed by atoms with Crippen LogP contribution in [-0.2, 0) is 6.42 Å². The molecule has 4 N–H and O–H groups in total. The first-order chi connectivity index (χ1) is 8.15. The van der Waals surface area contributed by atoms with Crippen molar-refractivity contribution in [2.45, 2.75) is 18.9 Å². The number of aliphatic hydroxyl groups excluding tert-OH is 1. The van der Waals surface area contributed by atoms with Crippen LogP contribution in [0.2, 0.25) is 0 Å². The molecule has 1 atom stereocenters. The maximum absolute atomic E-state index is 8.86. The quantitative estimate of drug-likeness (QED) is 0.648. The van der Waals surface area contributed by atoms with Gasteiger partial charge in [0.05, 0.1) is 13.7 Å². The summed E-state index contributed by atoms with van der Waals surface area (Å²) in [5.41, 5.74) is 6.70. The van der Waals surface area contributed by atoms with Crippen LogP contribution in [0.4, 0.5) is 0 Å². The van der Waals surface area contributed by atoms with Crippen molar-refractivity contribution in [2.75, 3.05) is 26.8 Å². The Balaban J connectivity index is 2.79. The van der Waals surface area contributed by atoms with Crippen molar-refractivity contribution >= 4 is 0 Å². The number of β-amino-alcohol motifs (C(OH)–C–C–N with tert-alkyl or cyclic N) is 1. The molecular weight excluding hydrogens is 216 g/mol. The van der Waals surface area contributed by atoms with Crippen LogP contribution in [0.15, 0.2) is 24.3 Å². The Morgan fingerprint density at radius 2 is 2.12 bits per heavy atom. The minimum absolute atomic E-state index is 0.113. The molecule has 0 amide bonds. The van der Waals surface area contributed by atoms with Gasteiger partial charge in [0.25, 0.3) is 0 Å². The minimum Gasteiger partial charge on any atom is -0.496 e. The summed E-state index contributed by atoms with van der Waals surface area (Å²) in [4.78, 5) is 0. The van der Waals surface area contributed by atoms with Gasteiger partial charge in [0.2, 0.25) is 0 Å². The fourth-order valence-corrected chi connectivity index (χ4v) is 1.83. The Bertz CT molecular complexity index is 344. The van der Waals surface area contributed by atoms with Crippen LogP contribution in [0.1, 0.15) is 12.5 Å². The SMILES string of the molecule is COc1ccccc1CC(C)(CN)NCCO. The van der Waals surface area contributed by atoms with Crippen LogP contribution in [0.5, 0.6) is 5.75 Å². The lowest BCUT2D eigenvalue weighted by Crippen LogP contribution is -2.51. The summed E-state index contributed by atoms with van der Waals surface area (Å²) in [6, 6.07) is 7.91. The Morgan fingerprint density at radius 1 is 1.41 bits per heavy atom. The molecular formula is C13H22N2O2. The number of rotatable bonds is 7. The van der Waals surface area contributed by atoms with E-state index in [0.717, 1.165) is 17.7 Å². The number of methoxy groups -OCH3 is 1. The number of benzene rings is 1. The number of nitrogens with one attached hydrogen (secondary N) is 1. The van der Waals surface area contributed by atoms with Gasteiger partial charge < -0.3 is 20.9 Å². The van der Waals surface area contributed by atoms with Gasteiger partial charge in [-0.05, 0) is 25.0 Å². The monoisotopic (exact) mass is 238 g/mol. The zero-order chi connectivity index (χ0) is 12.7.